The first-order valence-corrected chi connectivity index (χ1v) is 7.74. The molecule has 1 amide bonds. The number of amides is 1. The van der Waals surface area contributed by atoms with Gasteiger partial charge >= 0.3 is 0 Å². The largest absolute Gasteiger partial charge is 0.375 e. The maximum Gasteiger partial charge on any atom is 0.219 e. The van der Waals surface area contributed by atoms with E-state index in [0.717, 1.165) is 42.2 Å². The molecule has 7 heteroatoms. The monoisotopic (exact) mass is 303 g/mol. The molecule has 3 heterocycles. The summed E-state index contributed by atoms with van der Waals surface area (Å²) in [7, 11) is 0. The topological polar surface area (TPSA) is 85.0 Å². The van der Waals surface area contributed by atoms with Crippen molar-refractivity contribution in [1.82, 2.24) is 19.9 Å². The minimum absolute atomic E-state index is 0.129. The minimum Gasteiger partial charge on any atom is -0.375 e. The van der Waals surface area contributed by atoms with Crippen LogP contribution in [0.25, 0.3) is 10.6 Å². The normalized spacial score (nSPS) is 18.7. The molecule has 0 spiro atoms. The zero-order valence-electron chi connectivity index (χ0n) is 11.8. The van der Waals surface area contributed by atoms with Crippen LogP contribution in [-0.2, 0) is 4.79 Å². The van der Waals surface area contributed by atoms with E-state index in [2.05, 4.69) is 15.0 Å². The third-order valence-electron chi connectivity index (χ3n) is 3.73. The number of anilines is 1. The highest BCUT2D eigenvalue weighted by Crippen LogP contribution is 2.28. The molecule has 0 bridgehead atoms. The summed E-state index contributed by atoms with van der Waals surface area (Å²) >= 11 is 1.40. The summed E-state index contributed by atoms with van der Waals surface area (Å²) in [5.74, 6) is 0.403. The Bertz CT molecular complexity index is 639. The molecule has 0 aromatic carbocycles. The van der Waals surface area contributed by atoms with Gasteiger partial charge in [-0.2, -0.15) is 0 Å². The van der Waals surface area contributed by atoms with Crippen LogP contribution >= 0.6 is 11.3 Å². The third kappa shape index (κ3) is 3.02. The zero-order chi connectivity index (χ0) is 14.8. The van der Waals surface area contributed by atoms with E-state index in [1.165, 1.54) is 11.3 Å². The van der Waals surface area contributed by atoms with E-state index in [1.807, 2.05) is 4.90 Å². The quantitative estimate of drug-likeness (QED) is 0.916. The molecule has 0 saturated carbocycles. The third-order valence-corrected chi connectivity index (χ3v) is 4.58. The molecule has 1 atom stereocenters. The average molecular weight is 303 g/mol. The summed E-state index contributed by atoms with van der Waals surface area (Å²) in [5, 5.41) is 0.528. The van der Waals surface area contributed by atoms with Crippen molar-refractivity contribution in [1.29, 1.82) is 0 Å². The fourth-order valence-corrected chi connectivity index (χ4v) is 3.23. The molecule has 1 saturated heterocycles. The number of aromatic nitrogens is 3. The number of rotatable bonds is 2. The molecule has 2 aromatic heterocycles. The average Bonchev–Trinajstić information content (AvgIpc) is 2.94. The van der Waals surface area contributed by atoms with Gasteiger partial charge < -0.3 is 10.6 Å². The Morgan fingerprint density at radius 2 is 2.19 bits per heavy atom. The standard InChI is InChI=1S/C14H17N5OS/c1-9(20)19-4-2-3-10(8-19)11-5-17-12(6-16-11)13-7-18-14(15)21-13/h5-7,10H,2-4,8H2,1H3,(H2,15,18). The van der Waals surface area contributed by atoms with Crippen LogP contribution in [0.5, 0.6) is 0 Å². The highest BCUT2D eigenvalue weighted by molar-refractivity contribution is 7.18. The number of nitrogen functional groups attached to an aromatic ring is 1. The van der Waals surface area contributed by atoms with E-state index in [4.69, 9.17) is 5.73 Å². The summed E-state index contributed by atoms with van der Waals surface area (Å²) in [4.78, 5) is 27.3. The second kappa shape index (κ2) is 5.77. The Balaban J connectivity index is 1.76. The van der Waals surface area contributed by atoms with E-state index < -0.39 is 0 Å². The molecular formula is C14H17N5OS. The van der Waals surface area contributed by atoms with Crippen molar-refractivity contribution in [3.05, 3.63) is 24.3 Å². The van der Waals surface area contributed by atoms with Gasteiger partial charge in [-0.3, -0.25) is 14.8 Å². The lowest BCUT2D eigenvalue weighted by Crippen LogP contribution is -2.37. The summed E-state index contributed by atoms with van der Waals surface area (Å²) < 4.78 is 0. The Labute approximate surface area is 127 Å². The van der Waals surface area contributed by atoms with E-state index in [-0.39, 0.29) is 11.8 Å². The lowest BCUT2D eigenvalue weighted by molar-refractivity contribution is -0.130. The van der Waals surface area contributed by atoms with Crippen LogP contribution in [0, 0.1) is 0 Å². The number of nitrogens with two attached hydrogens (primary N) is 1. The number of hydrogen-bond donors (Lipinski definition) is 1. The van der Waals surface area contributed by atoms with Gasteiger partial charge in [-0.1, -0.05) is 11.3 Å². The van der Waals surface area contributed by atoms with Crippen molar-refractivity contribution in [2.75, 3.05) is 18.8 Å². The van der Waals surface area contributed by atoms with Gasteiger partial charge in [0.2, 0.25) is 5.91 Å². The van der Waals surface area contributed by atoms with E-state index in [1.54, 1.807) is 25.5 Å². The number of thiazole rings is 1. The molecule has 1 aliphatic heterocycles. The number of nitrogens with zero attached hydrogens (tertiary/aromatic N) is 4. The molecule has 1 unspecified atom stereocenters. The first kappa shape index (κ1) is 13.9. The van der Waals surface area contributed by atoms with Crippen LogP contribution in [0.2, 0.25) is 0 Å². The van der Waals surface area contributed by atoms with Gasteiger partial charge in [0.05, 0.1) is 16.8 Å². The summed E-state index contributed by atoms with van der Waals surface area (Å²) in [6.07, 6.45) is 7.33. The molecule has 3 rings (SSSR count). The molecule has 110 valence electrons. The summed E-state index contributed by atoms with van der Waals surface area (Å²) in [6, 6.07) is 0. The molecule has 6 nitrogen and oxygen atoms in total. The van der Waals surface area contributed by atoms with Crippen molar-refractivity contribution in [2.45, 2.75) is 25.7 Å². The molecular weight excluding hydrogens is 286 g/mol. The van der Waals surface area contributed by atoms with E-state index in [0.29, 0.717) is 5.13 Å². The second-order valence-corrected chi connectivity index (χ2v) is 6.26. The Kier molecular flexibility index (Phi) is 3.83. The van der Waals surface area contributed by atoms with Crippen molar-refractivity contribution in [3.8, 4) is 10.6 Å². The predicted octanol–water partition coefficient (Wildman–Crippen LogP) is 1.91. The number of piperidine rings is 1. The number of carbonyl (C=O) groups is 1. The van der Waals surface area contributed by atoms with Gasteiger partial charge in [0.15, 0.2) is 5.13 Å². The van der Waals surface area contributed by atoms with Crippen LogP contribution in [0.15, 0.2) is 18.6 Å². The number of carbonyl (C=O) groups excluding carboxylic acids is 1. The molecule has 0 aliphatic carbocycles. The zero-order valence-corrected chi connectivity index (χ0v) is 12.6. The summed E-state index contributed by atoms with van der Waals surface area (Å²) in [6.45, 7) is 3.19. The van der Waals surface area contributed by atoms with Crippen molar-refractivity contribution >= 4 is 22.4 Å². The number of likely N-dealkylation sites (tertiary alicyclic amines) is 1. The van der Waals surface area contributed by atoms with Crippen molar-refractivity contribution in [2.24, 2.45) is 0 Å². The first-order chi connectivity index (χ1) is 10.1. The Morgan fingerprint density at radius 3 is 2.81 bits per heavy atom. The molecule has 21 heavy (non-hydrogen) atoms. The van der Waals surface area contributed by atoms with Gasteiger partial charge in [0, 0.05) is 38.3 Å². The smallest absolute Gasteiger partial charge is 0.219 e. The lowest BCUT2D eigenvalue weighted by Gasteiger charge is -2.31. The van der Waals surface area contributed by atoms with E-state index in [9.17, 15) is 4.79 Å². The summed E-state index contributed by atoms with van der Waals surface area (Å²) in [5.41, 5.74) is 7.36. The molecule has 2 N–H and O–H groups in total. The Hall–Kier alpha value is -2.02. The van der Waals surface area contributed by atoms with Crippen LogP contribution in [0.4, 0.5) is 5.13 Å². The van der Waals surface area contributed by atoms with E-state index >= 15 is 0 Å². The molecule has 1 fully saturated rings. The van der Waals surface area contributed by atoms with Gasteiger partial charge in [-0.05, 0) is 12.8 Å². The SMILES string of the molecule is CC(=O)N1CCCC(c2cnc(-c3cnc(N)s3)cn2)C1. The molecule has 0 radical (unpaired) electrons. The van der Waals surface area contributed by atoms with Crippen LogP contribution in [-0.4, -0.2) is 38.8 Å². The van der Waals surface area contributed by atoms with Crippen molar-refractivity contribution < 1.29 is 4.79 Å². The lowest BCUT2D eigenvalue weighted by atomic mass is 9.95. The maximum absolute atomic E-state index is 11.5. The fourth-order valence-electron chi connectivity index (χ4n) is 2.59. The highest BCUT2D eigenvalue weighted by atomic mass is 32.1. The van der Waals surface area contributed by atoms with Gasteiger partial charge in [-0.25, -0.2) is 4.98 Å². The van der Waals surface area contributed by atoms with Crippen LogP contribution in [0.3, 0.4) is 0 Å². The van der Waals surface area contributed by atoms with Gasteiger partial charge in [0.25, 0.3) is 0 Å². The van der Waals surface area contributed by atoms with Crippen molar-refractivity contribution in [3.63, 3.8) is 0 Å². The molecule has 2 aromatic rings. The minimum atomic E-state index is 0.129. The predicted molar refractivity (Wildman–Crippen MR) is 81.8 cm³/mol. The second-order valence-electron chi connectivity index (χ2n) is 5.19. The van der Waals surface area contributed by atoms with Gasteiger partial charge in [-0.15, -0.1) is 0 Å². The van der Waals surface area contributed by atoms with Crippen LogP contribution < -0.4 is 5.73 Å². The molecule has 1 aliphatic rings. The first-order valence-electron chi connectivity index (χ1n) is 6.92. The highest BCUT2D eigenvalue weighted by Gasteiger charge is 2.24. The Morgan fingerprint density at radius 1 is 1.33 bits per heavy atom. The number of hydrogen-bond acceptors (Lipinski definition) is 6. The van der Waals surface area contributed by atoms with Crippen LogP contribution in [0.1, 0.15) is 31.4 Å². The fraction of sp³-hybridized carbons (Fsp3) is 0.429. The van der Waals surface area contributed by atoms with Gasteiger partial charge in [0.1, 0.15) is 5.69 Å². The maximum atomic E-state index is 11.5.